The molecular weight excluding hydrogens is 266 g/mol. The van der Waals surface area contributed by atoms with Gasteiger partial charge in [-0.1, -0.05) is 0 Å². The van der Waals surface area contributed by atoms with E-state index in [-0.39, 0.29) is 28.1 Å². The minimum Gasteiger partial charge on any atom is -0.371 e. The van der Waals surface area contributed by atoms with Crippen molar-refractivity contribution in [1.82, 2.24) is 4.72 Å². The fourth-order valence-corrected chi connectivity index (χ4v) is 1.30. The summed E-state index contributed by atoms with van der Waals surface area (Å²) in [5.41, 5.74) is 0. The average Bonchev–Trinajstić information content (AvgIpc) is 1.54. The molecule has 0 aliphatic carbocycles. The molecule has 0 aromatic carbocycles. The van der Waals surface area contributed by atoms with Crippen LogP contribution in [0.5, 0.6) is 0 Å². The number of hydrogen-bond acceptors (Lipinski definition) is 4. The van der Waals surface area contributed by atoms with Crippen molar-refractivity contribution in [2.24, 2.45) is 0 Å². The van der Waals surface area contributed by atoms with E-state index < -0.39 is 16.2 Å². The van der Waals surface area contributed by atoms with Crippen molar-refractivity contribution in [2.45, 2.75) is 6.92 Å². The summed E-state index contributed by atoms with van der Waals surface area (Å²) in [4.78, 5) is 10.4. The van der Waals surface area contributed by atoms with E-state index in [0.29, 0.717) is 0 Å². The second-order valence-electron chi connectivity index (χ2n) is 1.76. The molecule has 1 radical (unpaired) electrons. The number of nitrogens with one attached hydrogen (secondary N) is 1. The van der Waals surface area contributed by atoms with Crippen molar-refractivity contribution in [3.8, 4) is 0 Å². The van der Waals surface area contributed by atoms with Gasteiger partial charge in [0.2, 0.25) is 0 Å². The maximum absolute atomic E-state index is 10.5. The standard InChI is InChI=1S/C4H5NO4S.Ag/c1-3-2-4(6)5-10(7,8)9-3;/h2H,1H3,(H,5,6);. The zero-order valence-electron chi connectivity index (χ0n) is 5.42. The maximum atomic E-state index is 10.5. The third-order valence-corrected chi connectivity index (χ3v) is 1.73. The van der Waals surface area contributed by atoms with E-state index in [0.717, 1.165) is 6.08 Å². The summed E-state index contributed by atoms with van der Waals surface area (Å²) in [6, 6.07) is 0. The number of hydrogen-bond donors (Lipinski definition) is 1. The summed E-state index contributed by atoms with van der Waals surface area (Å²) in [6.07, 6.45) is 1.06. The summed E-state index contributed by atoms with van der Waals surface area (Å²) < 4.78 is 26.8. The van der Waals surface area contributed by atoms with Gasteiger partial charge in [-0.05, 0) is 6.92 Å². The molecule has 0 unspecified atom stereocenters. The second kappa shape index (κ2) is 3.40. The number of allylic oxidation sites excluding steroid dienone is 1. The molecule has 0 aromatic heterocycles. The summed E-state index contributed by atoms with van der Waals surface area (Å²) in [6.45, 7) is 1.39. The summed E-state index contributed by atoms with van der Waals surface area (Å²) >= 11 is 0. The van der Waals surface area contributed by atoms with Crippen molar-refractivity contribution in [1.29, 1.82) is 0 Å². The molecule has 67 valence electrons. The molecule has 1 heterocycles. The average molecular weight is 271 g/mol. The largest absolute Gasteiger partial charge is 0.409 e. The molecule has 0 saturated carbocycles. The van der Waals surface area contributed by atoms with E-state index in [9.17, 15) is 13.2 Å². The van der Waals surface area contributed by atoms with Crippen LogP contribution < -0.4 is 4.72 Å². The SMILES string of the molecule is CC1=CC(=O)NS(=O)(=O)O1.[Ag]. The Labute approximate surface area is 79.6 Å². The van der Waals surface area contributed by atoms with Gasteiger partial charge in [0.25, 0.3) is 5.91 Å². The zero-order chi connectivity index (χ0) is 7.78. The summed E-state index contributed by atoms with van der Waals surface area (Å²) in [5, 5.41) is 0. The van der Waals surface area contributed by atoms with Gasteiger partial charge in [0.1, 0.15) is 5.76 Å². The molecule has 1 aliphatic heterocycles. The number of carbonyl (C=O) groups excluding carboxylic acids is 1. The fourth-order valence-electron chi connectivity index (χ4n) is 0.555. The first kappa shape index (κ1) is 10.7. The Bertz CT molecular complexity index is 293. The van der Waals surface area contributed by atoms with Crippen molar-refractivity contribution in [2.75, 3.05) is 0 Å². The van der Waals surface area contributed by atoms with Gasteiger partial charge in [-0.2, -0.15) is 8.42 Å². The molecule has 5 nitrogen and oxygen atoms in total. The van der Waals surface area contributed by atoms with E-state index in [1.165, 1.54) is 6.92 Å². The van der Waals surface area contributed by atoms with Gasteiger partial charge in [-0.15, -0.1) is 0 Å². The Morgan fingerprint density at radius 1 is 1.55 bits per heavy atom. The predicted octanol–water partition coefficient (Wildman–Crippen LogP) is -0.721. The molecule has 0 fully saturated rings. The van der Waals surface area contributed by atoms with Crippen LogP contribution in [0.15, 0.2) is 11.8 Å². The van der Waals surface area contributed by atoms with Crippen molar-refractivity contribution >= 4 is 16.2 Å². The monoisotopic (exact) mass is 270 g/mol. The molecule has 1 N–H and O–H groups in total. The zero-order valence-corrected chi connectivity index (χ0v) is 7.72. The fraction of sp³-hybridized carbons (Fsp3) is 0.250. The molecule has 11 heavy (non-hydrogen) atoms. The Hall–Kier alpha value is -0.300. The molecule has 1 aliphatic rings. The van der Waals surface area contributed by atoms with Gasteiger partial charge in [0.05, 0.1) is 0 Å². The first-order chi connectivity index (χ1) is 4.49. The van der Waals surface area contributed by atoms with Gasteiger partial charge in [-0.25, -0.2) is 4.72 Å². The van der Waals surface area contributed by atoms with E-state index in [1.54, 1.807) is 4.72 Å². The van der Waals surface area contributed by atoms with Crippen LogP contribution in [0.2, 0.25) is 0 Å². The van der Waals surface area contributed by atoms with Gasteiger partial charge in [-0.3, -0.25) is 4.79 Å². The van der Waals surface area contributed by atoms with E-state index in [2.05, 4.69) is 4.18 Å². The molecule has 0 saturated heterocycles. The van der Waals surface area contributed by atoms with Crippen molar-refractivity contribution < 1.29 is 39.8 Å². The first-order valence-electron chi connectivity index (χ1n) is 2.44. The molecule has 0 aromatic rings. The smallest absolute Gasteiger partial charge is 0.371 e. The molecular formula is C4H5AgNO4S. The Balaban J connectivity index is 0.000001000. The number of rotatable bonds is 0. The molecule has 0 bridgehead atoms. The Kier molecular flexibility index (Phi) is 3.31. The van der Waals surface area contributed by atoms with Gasteiger partial charge in [0, 0.05) is 28.5 Å². The molecule has 7 heteroatoms. The van der Waals surface area contributed by atoms with Crippen LogP contribution in [-0.4, -0.2) is 14.3 Å². The third-order valence-electron chi connectivity index (χ3n) is 0.801. The van der Waals surface area contributed by atoms with Crippen LogP contribution in [0, 0.1) is 0 Å². The van der Waals surface area contributed by atoms with Crippen LogP contribution in [0.25, 0.3) is 0 Å². The normalized spacial score (nSPS) is 20.5. The van der Waals surface area contributed by atoms with Crippen LogP contribution >= 0.6 is 0 Å². The number of amides is 1. The van der Waals surface area contributed by atoms with Crippen LogP contribution in [0.3, 0.4) is 0 Å². The van der Waals surface area contributed by atoms with Gasteiger partial charge in [0.15, 0.2) is 0 Å². The summed E-state index contributed by atoms with van der Waals surface area (Å²) in [7, 11) is -3.85. The first-order valence-corrected chi connectivity index (χ1v) is 3.85. The van der Waals surface area contributed by atoms with Crippen LogP contribution in [0.4, 0.5) is 0 Å². The van der Waals surface area contributed by atoms with Crippen molar-refractivity contribution in [3.05, 3.63) is 11.8 Å². The topological polar surface area (TPSA) is 72.5 Å². The minimum atomic E-state index is -3.85. The van der Waals surface area contributed by atoms with Crippen LogP contribution in [-0.2, 0) is 41.7 Å². The Morgan fingerprint density at radius 2 is 2.09 bits per heavy atom. The van der Waals surface area contributed by atoms with E-state index >= 15 is 0 Å². The third kappa shape index (κ3) is 3.06. The summed E-state index contributed by atoms with van der Waals surface area (Å²) in [5.74, 6) is -0.604. The molecule has 0 spiro atoms. The van der Waals surface area contributed by atoms with Gasteiger partial charge < -0.3 is 4.18 Å². The molecule has 1 rings (SSSR count). The molecule has 1 amide bonds. The maximum Gasteiger partial charge on any atom is 0.409 e. The Morgan fingerprint density at radius 3 is 2.45 bits per heavy atom. The quantitative estimate of drug-likeness (QED) is 0.590. The predicted molar refractivity (Wildman–Crippen MR) is 31.9 cm³/mol. The minimum absolute atomic E-state index is 0. The van der Waals surface area contributed by atoms with E-state index in [1.807, 2.05) is 0 Å². The van der Waals surface area contributed by atoms with E-state index in [4.69, 9.17) is 0 Å². The second-order valence-corrected chi connectivity index (χ2v) is 3.04. The molecule has 0 atom stereocenters. The van der Waals surface area contributed by atoms with Crippen LogP contribution in [0.1, 0.15) is 6.92 Å². The van der Waals surface area contributed by atoms with Gasteiger partial charge >= 0.3 is 10.3 Å². The van der Waals surface area contributed by atoms with Crippen molar-refractivity contribution in [3.63, 3.8) is 0 Å². The number of carbonyl (C=O) groups is 1.